The molecule has 3 aromatic carbocycles. The average Bonchev–Trinajstić information content (AvgIpc) is 2.95. The van der Waals surface area contributed by atoms with Crippen molar-refractivity contribution in [2.24, 2.45) is 0 Å². The van der Waals surface area contributed by atoms with Gasteiger partial charge >= 0.3 is 11.9 Å². The first-order valence-electron chi connectivity index (χ1n) is 12.4. The number of rotatable bonds is 11. The maximum absolute atomic E-state index is 11.0. The number of carbonyl (C=O) groups is 2. The van der Waals surface area contributed by atoms with Crippen molar-refractivity contribution in [2.75, 3.05) is 19.8 Å². The fraction of sp³-hybridized carbons (Fsp3) is 0.250. The Morgan fingerprint density at radius 1 is 0.811 bits per heavy atom. The number of benzene rings is 3. The van der Waals surface area contributed by atoms with Crippen LogP contribution in [-0.4, -0.2) is 36.9 Å². The normalized spacial score (nSPS) is 9.78. The predicted molar refractivity (Wildman–Crippen MR) is 150 cm³/mol. The van der Waals surface area contributed by atoms with Gasteiger partial charge in [0.25, 0.3) is 0 Å². The van der Waals surface area contributed by atoms with E-state index < -0.39 is 0 Å². The van der Waals surface area contributed by atoms with Crippen molar-refractivity contribution in [1.82, 2.24) is 0 Å². The Balaban J connectivity index is 0.000000281. The fourth-order valence-corrected chi connectivity index (χ4v) is 2.97. The number of aryl methyl sites for hydroxylation is 2. The third-order valence-electron chi connectivity index (χ3n) is 4.79. The predicted octanol–water partition coefficient (Wildman–Crippen LogP) is 6.22. The molecule has 0 atom stereocenters. The second-order valence-corrected chi connectivity index (χ2v) is 7.77. The van der Waals surface area contributed by atoms with Gasteiger partial charge in [-0.3, -0.25) is 4.79 Å². The molecule has 0 aromatic heterocycles. The van der Waals surface area contributed by atoms with Gasteiger partial charge in [0.1, 0.15) is 6.61 Å². The molecular weight excluding hydrogens is 464 g/mol. The van der Waals surface area contributed by atoms with Crippen LogP contribution in [0, 0.1) is 0 Å². The molecule has 0 unspecified atom stereocenters. The minimum atomic E-state index is -0.353. The highest BCUT2D eigenvalue weighted by molar-refractivity contribution is 5.87. The van der Waals surface area contributed by atoms with Crippen molar-refractivity contribution < 1.29 is 24.2 Å². The van der Waals surface area contributed by atoms with E-state index in [4.69, 9.17) is 14.6 Å². The van der Waals surface area contributed by atoms with Crippen LogP contribution in [0.4, 0.5) is 0 Å². The van der Waals surface area contributed by atoms with Gasteiger partial charge in [-0.15, -0.1) is 0 Å². The molecule has 196 valence electrons. The molecule has 1 N–H and O–H groups in total. The Morgan fingerprint density at radius 3 is 1.86 bits per heavy atom. The molecule has 37 heavy (non-hydrogen) atoms. The molecular formula is C32H38O5. The van der Waals surface area contributed by atoms with E-state index in [1.165, 1.54) is 23.3 Å². The average molecular weight is 503 g/mol. The molecule has 0 spiro atoms. The van der Waals surface area contributed by atoms with Gasteiger partial charge in [-0.25, -0.2) is 4.79 Å². The van der Waals surface area contributed by atoms with Crippen LogP contribution in [0.15, 0.2) is 110 Å². The van der Waals surface area contributed by atoms with E-state index in [0.717, 1.165) is 24.8 Å². The quantitative estimate of drug-likeness (QED) is 0.191. The molecule has 0 saturated carbocycles. The molecule has 0 bridgehead atoms. The van der Waals surface area contributed by atoms with Crippen LogP contribution in [0.25, 0.3) is 6.08 Å². The van der Waals surface area contributed by atoms with Crippen molar-refractivity contribution in [3.63, 3.8) is 0 Å². The van der Waals surface area contributed by atoms with Crippen LogP contribution in [0.3, 0.4) is 0 Å². The first-order chi connectivity index (χ1) is 18.1. The lowest BCUT2D eigenvalue weighted by Gasteiger charge is -2.01. The molecule has 0 heterocycles. The molecule has 3 aromatic rings. The molecule has 0 aliphatic heterocycles. The molecule has 0 aliphatic carbocycles. The largest absolute Gasteiger partial charge is 0.466 e. The first-order valence-corrected chi connectivity index (χ1v) is 12.4. The van der Waals surface area contributed by atoms with Gasteiger partial charge in [-0.2, -0.15) is 0 Å². The third kappa shape index (κ3) is 17.2. The lowest BCUT2D eigenvalue weighted by Crippen LogP contribution is -2.04. The third-order valence-corrected chi connectivity index (χ3v) is 4.79. The summed E-state index contributed by atoms with van der Waals surface area (Å²) in [4.78, 5) is 22.0. The van der Waals surface area contributed by atoms with Gasteiger partial charge in [0.15, 0.2) is 0 Å². The number of hydrogen-bond donors (Lipinski definition) is 1. The van der Waals surface area contributed by atoms with Crippen LogP contribution in [0.2, 0.25) is 0 Å². The Labute approximate surface area is 221 Å². The standard InChI is InChI=1S/C12H12O2.C11H14O2.C9H12O/c1-2-10-14-12(13)9-8-11-6-4-3-5-7-11;1-2-13-11(12)9-8-10-6-4-3-5-7-10;10-8-4-7-9-5-2-1-3-6-9/h2-9H,1,10H2;3-7H,2,8-9H2,1H3;1-3,5-6,10H,4,7-8H2/b9-8+;;. The Kier molecular flexibility index (Phi) is 17.9. The van der Waals surface area contributed by atoms with Crippen LogP contribution < -0.4 is 0 Å². The van der Waals surface area contributed by atoms with Crippen LogP contribution >= 0.6 is 0 Å². The summed E-state index contributed by atoms with van der Waals surface area (Å²) in [7, 11) is 0. The summed E-state index contributed by atoms with van der Waals surface area (Å²) < 4.78 is 9.59. The van der Waals surface area contributed by atoms with Gasteiger partial charge in [0, 0.05) is 19.1 Å². The minimum Gasteiger partial charge on any atom is -0.466 e. The zero-order valence-electron chi connectivity index (χ0n) is 21.6. The van der Waals surface area contributed by atoms with Crippen LogP contribution in [0.1, 0.15) is 36.5 Å². The monoisotopic (exact) mass is 502 g/mol. The highest BCUT2D eigenvalue weighted by Crippen LogP contribution is 2.03. The summed E-state index contributed by atoms with van der Waals surface area (Å²) in [5.41, 5.74) is 3.45. The Bertz CT molecular complexity index is 1010. The maximum atomic E-state index is 11.0. The first kappa shape index (κ1) is 31.1. The maximum Gasteiger partial charge on any atom is 0.331 e. The smallest absolute Gasteiger partial charge is 0.331 e. The number of aliphatic hydroxyl groups is 1. The second kappa shape index (κ2) is 21.3. The fourth-order valence-electron chi connectivity index (χ4n) is 2.97. The van der Waals surface area contributed by atoms with E-state index in [2.05, 4.69) is 18.7 Å². The molecule has 0 aliphatic rings. The summed E-state index contributed by atoms with van der Waals surface area (Å²) >= 11 is 0. The number of carbonyl (C=O) groups excluding carboxylic acids is 2. The van der Waals surface area contributed by atoms with Crippen molar-refractivity contribution in [1.29, 1.82) is 0 Å². The second-order valence-electron chi connectivity index (χ2n) is 7.77. The van der Waals surface area contributed by atoms with E-state index >= 15 is 0 Å². The molecule has 0 fully saturated rings. The SMILES string of the molecule is C=CCOC(=O)/C=C/c1ccccc1.CCOC(=O)CCc1ccccc1.OCCCc1ccccc1. The van der Waals surface area contributed by atoms with E-state index in [1.54, 1.807) is 6.08 Å². The number of esters is 2. The van der Waals surface area contributed by atoms with Gasteiger partial charge in [0.2, 0.25) is 0 Å². The topological polar surface area (TPSA) is 72.8 Å². The molecule has 5 nitrogen and oxygen atoms in total. The minimum absolute atomic E-state index is 0.119. The van der Waals surface area contributed by atoms with Gasteiger partial charge in [-0.1, -0.05) is 104 Å². The zero-order valence-corrected chi connectivity index (χ0v) is 21.6. The number of aliphatic hydroxyl groups excluding tert-OH is 1. The molecule has 0 amide bonds. The van der Waals surface area contributed by atoms with Gasteiger partial charge in [0.05, 0.1) is 6.61 Å². The van der Waals surface area contributed by atoms with E-state index in [0.29, 0.717) is 13.0 Å². The highest BCUT2D eigenvalue weighted by atomic mass is 16.5. The van der Waals surface area contributed by atoms with Crippen LogP contribution in [0.5, 0.6) is 0 Å². The highest BCUT2D eigenvalue weighted by Gasteiger charge is 2.01. The van der Waals surface area contributed by atoms with Crippen LogP contribution in [-0.2, 0) is 31.9 Å². The molecule has 0 saturated heterocycles. The molecule has 3 rings (SSSR count). The summed E-state index contributed by atoms with van der Waals surface area (Å²) in [5.74, 6) is -0.472. The number of ether oxygens (including phenoxy) is 2. The summed E-state index contributed by atoms with van der Waals surface area (Å²) in [6, 6.07) is 29.7. The van der Waals surface area contributed by atoms with Crippen molar-refractivity contribution in [3.8, 4) is 0 Å². The lowest BCUT2D eigenvalue weighted by atomic mass is 10.1. The van der Waals surface area contributed by atoms with Gasteiger partial charge < -0.3 is 14.6 Å². The van der Waals surface area contributed by atoms with Crippen molar-refractivity contribution >= 4 is 18.0 Å². The van der Waals surface area contributed by atoms with E-state index in [-0.39, 0.29) is 25.2 Å². The molecule has 5 heteroatoms. The summed E-state index contributed by atoms with van der Waals surface area (Å²) in [6.07, 6.45) is 7.73. The Morgan fingerprint density at radius 2 is 1.35 bits per heavy atom. The summed E-state index contributed by atoms with van der Waals surface area (Å²) in [5, 5.41) is 8.53. The zero-order chi connectivity index (χ0) is 27.0. The van der Waals surface area contributed by atoms with Crippen molar-refractivity contribution in [2.45, 2.75) is 32.6 Å². The Hall–Kier alpha value is -3.96. The lowest BCUT2D eigenvalue weighted by molar-refractivity contribution is -0.143. The molecule has 0 radical (unpaired) electrons. The number of hydrogen-bond acceptors (Lipinski definition) is 5. The summed E-state index contributed by atoms with van der Waals surface area (Å²) in [6.45, 7) is 6.27. The van der Waals surface area contributed by atoms with E-state index in [9.17, 15) is 9.59 Å². The van der Waals surface area contributed by atoms with Gasteiger partial charge in [-0.05, 0) is 49.0 Å². The van der Waals surface area contributed by atoms with Crippen molar-refractivity contribution in [3.05, 3.63) is 126 Å². The van der Waals surface area contributed by atoms with E-state index in [1.807, 2.05) is 85.8 Å².